The van der Waals surface area contributed by atoms with Crippen molar-refractivity contribution in [2.24, 2.45) is 5.92 Å². The average molecular weight is 410 g/mol. The molecule has 0 saturated carbocycles. The lowest BCUT2D eigenvalue weighted by atomic mass is 10.1. The van der Waals surface area contributed by atoms with Gasteiger partial charge < -0.3 is 9.30 Å². The van der Waals surface area contributed by atoms with Gasteiger partial charge in [-0.1, -0.05) is 73.6 Å². The first kappa shape index (κ1) is 21.1. The molecular weight excluding hydrogens is 382 g/mol. The third-order valence-electron chi connectivity index (χ3n) is 4.46. The number of ether oxygens (including phenoxy) is 1. The Morgan fingerprint density at radius 3 is 2.55 bits per heavy atom. The molecule has 152 valence electrons. The summed E-state index contributed by atoms with van der Waals surface area (Å²) in [6, 6.07) is 15.5. The van der Waals surface area contributed by atoms with Gasteiger partial charge in [0.1, 0.15) is 12.4 Å². The van der Waals surface area contributed by atoms with Gasteiger partial charge in [-0.2, -0.15) is 0 Å². The van der Waals surface area contributed by atoms with Crippen molar-refractivity contribution in [3.8, 4) is 5.75 Å². The van der Waals surface area contributed by atoms with Crippen LogP contribution >= 0.6 is 11.8 Å². The Kier molecular flexibility index (Phi) is 7.09. The summed E-state index contributed by atoms with van der Waals surface area (Å²) in [7, 11) is 0. The van der Waals surface area contributed by atoms with Crippen LogP contribution in [0.2, 0.25) is 0 Å². The van der Waals surface area contributed by atoms with Crippen molar-refractivity contribution >= 4 is 17.5 Å². The second kappa shape index (κ2) is 9.74. The molecule has 1 heterocycles. The van der Waals surface area contributed by atoms with Gasteiger partial charge in [0.15, 0.2) is 16.8 Å². The van der Waals surface area contributed by atoms with Crippen molar-refractivity contribution in [1.82, 2.24) is 14.8 Å². The fourth-order valence-electron chi connectivity index (χ4n) is 3.02. The van der Waals surface area contributed by atoms with Crippen LogP contribution in [0.4, 0.5) is 0 Å². The molecule has 3 rings (SSSR count). The Morgan fingerprint density at radius 2 is 1.86 bits per heavy atom. The van der Waals surface area contributed by atoms with Crippen LogP contribution in [0.5, 0.6) is 5.75 Å². The molecule has 6 heteroatoms. The molecule has 0 fully saturated rings. The van der Waals surface area contributed by atoms with Crippen LogP contribution in [-0.2, 0) is 13.2 Å². The zero-order chi connectivity index (χ0) is 20.8. The van der Waals surface area contributed by atoms with E-state index in [1.165, 1.54) is 17.3 Å². The number of thioether (sulfide) groups is 1. The Bertz CT molecular complexity index is 968. The van der Waals surface area contributed by atoms with Gasteiger partial charge in [0.05, 0.1) is 5.75 Å². The summed E-state index contributed by atoms with van der Waals surface area (Å²) in [5.74, 6) is 2.47. The predicted molar refractivity (Wildman–Crippen MR) is 117 cm³/mol. The average Bonchev–Trinajstić information content (AvgIpc) is 3.07. The van der Waals surface area contributed by atoms with Crippen molar-refractivity contribution in [1.29, 1.82) is 0 Å². The molecule has 0 aliphatic carbocycles. The van der Waals surface area contributed by atoms with Gasteiger partial charge in [-0.25, -0.2) is 0 Å². The number of ketones is 1. The van der Waals surface area contributed by atoms with Gasteiger partial charge in [-0.05, 0) is 31.4 Å². The molecule has 0 amide bonds. The summed E-state index contributed by atoms with van der Waals surface area (Å²) in [4.78, 5) is 12.4. The molecule has 1 aromatic heterocycles. The number of carbonyl (C=O) groups excluding carboxylic acids is 1. The van der Waals surface area contributed by atoms with Crippen LogP contribution in [0.3, 0.4) is 0 Å². The molecule has 5 nitrogen and oxygen atoms in total. The SMILES string of the molecule is Cc1ccc(OCc2nnc(SCC(=O)c3ccccc3)n2CC(C)C)c(C)c1. The Hall–Kier alpha value is -2.60. The lowest BCUT2D eigenvalue weighted by Gasteiger charge is -2.14. The van der Waals surface area contributed by atoms with E-state index in [1.54, 1.807) is 0 Å². The Labute approximate surface area is 176 Å². The van der Waals surface area contributed by atoms with Crippen LogP contribution in [0.15, 0.2) is 53.7 Å². The minimum atomic E-state index is 0.0859. The van der Waals surface area contributed by atoms with E-state index in [4.69, 9.17) is 4.74 Å². The van der Waals surface area contributed by atoms with Gasteiger partial charge in [-0.15, -0.1) is 10.2 Å². The number of aryl methyl sites for hydroxylation is 2. The van der Waals surface area contributed by atoms with E-state index in [9.17, 15) is 4.79 Å². The van der Waals surface area contributed by atoms with Gasteiger partial charge in [0.25, 0.3) is 0 Å². The number of hydrogen-bond donors (Lipinski definition) is 0. The fourth-order valence-corrected chi connectivity index (χ4v) is 3.88. The highest BCUT2D eigenvalue weighted by Crippen LogP contribution is 2.23. The van der Waals surface area contributed by atoms with Crippen LogP contribution in [0, 0.1) is 19.8 Å². The monoisotopic (exact) mass is 409 g/mol. The first-order valence-electron chi connectivity index (χ1n) is 9.77. The molecule has 0 unspecified atom stereocenters. The Balaban J connectivity index is 1.71. The molecule has 0 radical (unpaired) electrons. The normalized spacial score (nSPS) is 11.1. The number of carbonyl (C=O) groups is 1. The zero-order valence-corrected chi connectivity index (χ0v) is 18.2. The molecule has 0 aliphatic heterocycles. The molecule has 29 heavy (non-hydrogen) atoms. The molecule has 3 aromatic rings. The van der Waals surface area contributed by atoms with Crippen LogP contribution in [0.25, 0.3) is 0 Å². The van der Waals surface area contributed by atoms with E-state index in [0.717, 1.165) is 28.8 Å². The lowest BCUT2D eigenvalue weighted by Crippen LogP contribution is -2.13. The van der Waals surface area contributed by atoms with E-state index in [-0.39, 0.29) is 5.78 Å². The van der Waals surface area contributed by atoms with Gasteiger partial charge in [0.2, 0.25) is 0 Å². The third kappa shape index (κ3) is 5.70. The van der Waals surface area contributed by atoms with Crippen molar-refractivity contribution in [3.05, 3.63) is 71.0 Å². The zero-order valence-electron chi connectivity index (χ0n) is 17.4. The van der Waals surface area contributed by atoms with Crippen LogP contribution in [0.1, 0.15) is 41.2 Å². The summed E-state index contributed by atoms with van der Waals surface area (Å²) in [5, 5.41) is 9.42. The van der Waals surface area contributed by atoms with Crippen molar-refractivity contribution in [2.45, 2.75) is 46.0 Å². The summed E-state index contributed by atoms with van der Waals surface area (Å²) in [5.41, 5.74) is 3.02. The van der Waals surface area contributed by atoms with Crippen molar-refractivity contribution in [2.75, 3.05) is 5.75 Å². The highest BCUT2D eigenvalue weighted by Gasteiger charge is 2.16. The van der Waals surface area contributed by atoms with Crippen LogP contribution < -0.4 is 4.74 Å². The third-order valence-corrected chi connectivity index (χ3v) is 5.42. The van der Waals surface area contributed by atoms with Gasteiger partial charge in [0, 0.05) is 12.1 Å². The number of benzene rings is 2. The standard InChI is InChI=1S/C23H27N3O2S/c1-16(2)13-26-22(14-28-21-11-10-17(3)12-18(21)4)24-25-23(26)29-15-20(27)19-8-6-5-7-9-19/h5-12,16H,13-15H2,1-4H3. The number of nitrogens with zero attached hydrogens (tertiary/aromatic N) is 3. The van der Waals surface area contributed by atoms with Gasteiger partial charge in [-0.3, -0.25) is 4.79 Å². The summed E-state index contributed by atoms with van der Waals surface area (Å²) < 4.78 is 8.08. The molecule has 0 spiro atoms. The second-order valence-electron chi connectivity index (χ2n) is 7.54. The lowest BCUT2D eigenvalue weighted by molar-refractivity contribution is 0.102. The van der Waals surface area contributed by atoms with E-state index in [1.807, 2.05) is 49.4 Å². The first-order chi connectivity index (χ1) is 13.9. The number of aromatic nitrogens is 3. The van der Waals surface area contributed by atoms with Crippen molar-refractivity contribution in [3.63, 3.8) is 0 Å². The highest BCUT2D eigenvalue weighted by atomic mass is 32.2. The number of rotatable bonds is 9. The quantitative estimate of drug-likeness (QED) is 0.363. The second-order valence-corrected chi connectivity index (χ2v) is 8.48. The van der Waals surface area contributed by atoms with Crippen molar-refractivity contribution < 1.29 is 9.53 Å². The minimum Gasteiger partial charge on any atom is -0.485 e. The van der Waals surface area contributed by atoms with Crippen LogP contribution in [-0.4, -0.2) is 26.3 Å². The first-order valence-corrected chi connectivity index (χ1v) is 10.8. The molecule has 0 saturated heterocycles. The number of Topliss-reactive ketones (excluding diaryl/α,β-unsaturated/α-hetero) is 1. The molecular formula is C23H27N3O2S. The topological polar surface area (TPSA) is 57.0 Å². The molecule has 0 bridgehead atoms. The highest BCUT2D eigenvalue weighted by molar-refractivity contribution is 7.99. The Morgan fingerprint density at radius 1 is 1.10 bits per heavy atom. The smallest absolute Gasteiger partial charge is 0.191 e. The summed E-state index contributed by atoms with van der Waals surface area (Å²) >= 11 is 1.42. The maximum Gasteiger partial charge on any atom is 0.191 e. The largest absolute Gasteiger partial charge is 0.485 e. The van der Waals surface area contributed by atoms with E-state index < -0.39 is 0 Å². The number of hydrogen-bond acceptors (Lipinski definition) is 5. The van der Waals surface area contributed by atoms with Gasteiger partial charge >= 0.3 is 0 Å². The fraction of sp³-hybridized carbons (Fsp3) is 0.348. The van der Waals surface area contributed by atoms with E-state index in [0.29, 0.717) is 23.8 Å². The predicted octanol–water partition coefficient (Wildman–Crippen LogP) is 5.10. The van der Waals surface area contributed by atoms with E-state index in [2.05, 4.69) is 41.6 Å². The maximum atomic E-state index is 12.4. The van der Waals surface area contributed by atoms with E-state index >= 15 is 0 Å². The maximum absolute atomic E-state index is 12.4. The molecule has 0 N–H and O–H groups in total. The summed E-state index contributed by atoms with van der Waals surface area (Å²) in [6.07, 6.45) is 0. The minimum absolute atomic E-state index is 0.0859. The summed E-state index contributed by atoms with van der Waals surface area (Å²) in [6.45, 7) is 9.53. The molecule has 0 atom stereocenters. The molecule has 2 aromatic carbocycles. The molecule has 0 aliphatic rings.